The molecule has 0 aromatic rings. The van der Waals surface area contributed by atoms with E-state index in [2.05, 4.69) is 24.6 Å². The maximum Gasteiger partial charge on any atom is 0.146 e. The third-order valence-corrected chi connectivity index (χ3v) is 1.28. The lowest BCUT2D eigenvalue weighted by atomic mass is 10.3. The second-order valence-electron chi connectivity index (χ2n) is 2.01. The number of hydrogen-bond donors (Lipinski definition) is 0. The van der Waals surface area contributed by atoms with Gasteiger partial charge >= 0.3 is 0 Å². The lowest BCUT2D eigenvalue weighted by Gasteiger charge is -2.04. The van der Waals surface area contributed by atoms with Gasteiger partial charge in [0.15, 0.2) is 0 Å². The third-order valence-electron chi connectivity index (χ3n) is 1.28. The number of allylic oxidation sites excluding steroid dienone is 2. The predicted octanol–water partition coefficient (Wildman–Crippen LogP) is 3.16. The molecule has 0 bridgehead atoms. The molecule has 0 aromatic heterocycles. The normalized spacial score (nSPS) is 7.82. The highest BCUT2D eigenvalue weighted by atomic mass is 16.5. The van der Waals surface area contributed by atoms with Crippen molar-refractivity contribution in [3.8, 4) is 0 Å². The minimum Gasteiger partial charge on any atom is -0.450 e. The van der Waals surface area contributed by atoms with Crippen molar-refractivity contribution in [1.29, 1.82) is 0 Å². The second-order valence-corrected chi connectivity index (χ2v) is 2.01. The van der Waals surface area contributed by atoms with Gasteiger partial charge in [-0.2, -0.15) is 0 Å². The molecule has 0 aliphatic heterocycles. The first kappa shape index (κ1) is 9.84. The Bertz CT molecular complexity index is 189. The Balaban J connectivity index is 4.23. The van der Waals surface area contributed by atoms with E-state index in [9.17, 15) is 0 Å². The van der Waals surface area contributed by atoms with Gasteiger partial charge < -0.3 is 4.74 Å². The maximum absolute atomic E-state index is 5.33. The minimum atomic E-state index is 0.748. The molecule has 0 N–H and O–H groups in total. The fraction of sp³-hybridized carbons (Fsp3) is 0.400. The van der Waals surface area contributed by atoms with Gasteiger partial charge in [-0.05, 0) is 0 Å². The highest BCUT2D eigenvalue weighted by Crippen LogP contribution is 2.09. The summed E-state index contributed by atoms with van der Waals surface area (Å²) in [7, 11) is 0. The van der Waals surface area contributed by atoms with Gasteiger partial charge in [0.25, 0.3) is 0 Å². The molecule has 1 heteroatoms. The largest absolute Gasteiger partial charge is 0.450 e. The summed E-state index contributed by atoms with van der Waals surface area (Å²) in [6.07, 6.45) is 1.60. The SMILES string of the molecule is C=C=C(CC)OC(=C=C)CC. The quantitative estimate of drug-likeness (QED) is 0.442. The summed E-state index contributed by atoms with van der Waals surface area (Å²) < 4.78 is 5.33. The zero-order chi connectivity index (χ0) is 8.69. The summed E-state index contributed by atoms with van der Waals surface area (Å²) in [6.45, 7) is 11.0. The molecule has 0 heterocycles. The lowest BCUT2D eigenvalue weighted by Crippen LogP contribution is -1.88. The van der Waals surface area contributed by atoms with E-state index >= 15 is 0 Å². The number of rotatable bonds is 4. The summed E-state index contributed by atoms with van der Waals surface area (Å²) in [4.78, 5) is 0. The van der Waals surface area contributed by atoms with Crippen LogP contribution in [-0.2, 0) is 4.74 Å². The fourth-order valence-corrected chi connectivity index (χ4v) is 0.615. The Morgan fingerprint density at radius 2 is 1.45 bits per heavy atom. The number of hydrogen-bond acceptors (Lipinski definition) is 1. The molecule has 0 saturated heterocycles. The van der Waals surface area contributed by atoms with Crippen LogP contribution in [0.25, 0.3) is 0 Å². The van der Waals surface area contributed by atoms with Crippen molar-refractivity contribution in [2.45, 2.75) is 26.7 Å². The Labute approximate surface area is 68.4 Å². The van der Waals surface area contributed by atoms with Gasteiger partial charge in [0, 0.05) is 12.8 Å². The van der Waals surface area contributed by atoms with Gasteiger partial charge in [-0.15, -0.1) is 0 Å². The van der Waals surface area contributed by atoms with Gasteiger partial charge in [0.1, 0.15) is 11.5 Å². The molecule has 60 valence electrons. The van der Waals surface area contributed by atoms with Crippen molar-refractivity contribution >= 4 is 0 Å². The molecule has 0 rings (SSSR count). The van der Waals surface area contributed by atoms with E-state index in [0.29, 0.717) is 0 Å². The first-order chi connectivity index (χ1) is 5.28. The molecule has 0 spiro atoms. The van der Waals surface area contributed by atoms with Crippen molar-refractivity contribution in [3.05, 3.63) is 36.1 Å². The van der Waals surface area contributed by atoms with Gasteiger partial charge in [-0.25, -0.2) is 0 Å². The first-order valence-corrected chi connectivity index (χ1v) is 3.74. The van der Waals surface area contributed by atoms with Crippen molar-refractivity contribution in [3.63, 3.8) is 0 Å². The highest BCUT2D eigenvalue weighted by Gasteiger charge is 1.96. The van der Waals surface area contributed by atoms with Crippen LogP contribution >= 0.6 is 0 Å². The van der Waals surface area contributed by atoms with Crippen LogP contribution in [0.4, 0.5) is 0 Å². The van der Waals surface area contributed by atoms with Crippen LogP contribution in [0.2, 0.25) is 0 Å². The molecule has 0 fully saturated rings. The van der Waals surface area contributed by atoms with E-state index in [0.717, 1.165) is 24.4 Å². The second kappa shape index (κ2) is 5.61. The van der Waals surface area contributed by atoms with Crippen LogP contribution in [-0.4, -0.2) is 0 Å². The van der Waals surface area contributed by atoms with E-state index in [-0.39, 0.29) is 0 Å². The van der Waals surface area contributed by atoms with Crippen molar-refractivity contribution < 1.29 is 4.74 Å². The Morgan fingerprint density at radius 1 is 1.09 bits per heavy atom. The van der Waals surface area contributed by atoms with E-state index < -0.39 is 0 Å². The summed E-state index contributed by atoms with van der Waals surface area (Å²) in [5, 5.41) is 0. The molecule has 0 amide bonds. The molecule has 0 aromatic carbocycles. The molecule has 11 heavy (non-hydrogen) atoms. The Morgan fingerprint density at radius 3 is 1.64 bits per heavy atom. The minimum absolute atomic E-state index is 0.748. The zero-order valence-electron chi connectivity index (χ0n) is 7.24. The van der Waals surface area contributed by atoms with Gasteiger partial charge in [-0.3, -0.25) is 0 Å². The average molecular weight is 150 g/mol. The predicted molar refractivity (Wildman–Crippen MR) is 47.0 cm³/mol. The molecule has 0 atom stereocenters. The zero-order valence-corrected chi connectivity index (χ0v) is 7.24. The smallest absolute Gasteiger partial charge is 0.146 e. The van der Waals surface area contributed by atoms with Crippen LogP contribution in [0.15, 0.2) is 36.1 Å². The van der Waals surface area contributed by atoms with Crippen molar-refractivity contribution in [1.82, 2.24) is 0 Å². The van der Waals surface area contributed by atoms with Crippen LogP contribution in [0.3, 0.4) is 0 Å². The molecule has 0 unspecified atom stereocenters. The van der Waals surface area contributed by atoms with Crippen LogP contribution in [0.1, 0.15) is 26.7 Å². The first-order valence-electron chi connectivity index (χ1n) is 3.74. The Kier molecular flexibility index (Phi) is 5.02. The topological polar surface area (TPSA) is 9.23 Å². The van der Waals surface area contributed by atoms with E-state index in [1.165, 1.54) is 0 Å². The molecule has 1 nitrogen and oxygen atoms in total. The number of ether oxygens (including phenoxy) is 1. The molecular formula is C10H14O. The summed E-state index contributed by atoms with van der Waals surface area (Å²) in [6, 6.07) is 0. The van der Waals surface area contributed by atoms with Crippen LogP contribution < -0.4 is 0 Å². The molecule has 0 aliphatic carbocycles. The standard InChI is InChI=1S/C10H14O/c1-5-9(6-2)11-10(7-3)8-4/h1,3,6,8H2,2,4H3. The lowest BCUT2D eigenvalue weighted by molar-refractivity contribution is 0.286. The van der Waals surface area contributed by atoms with E-state index in [1.54, 1.807) is 0 Å². The molecular weight excluding hydrogens is 136 g/mol. The summed E-state index contributed by atoms with van der Waals surface area (Å²) >= 11 is 0. The van der Waals surface area contributed by atoms with Gasteiger partial charge in [-0.1, -0.05) is 38.5 Å². The third kappa shape index (κ3) is 3.52. The van der Waals surface area contributed by atoms with Gasteiger partial charge in [0.2, 0.25) is 0 Å². The summed E-state index contributed by atoms with van der Waals surface area (Å²) in [5.41, 5.74) is 5.41. The highest BCUT2D eigenvalue weighted by molar-refractivity contribution is 4.97. The monoisotopic (exact) mass is 150 g/mol. The summed E-state index contributed by atoms with van der Waals surface area (Å²) in [5.74, 6) is 1.50. The van der Waals surface area contributed by atoms with Crippen LogP contribution in [0.5, 0.6) is 0 Å². The Hall–Kier alpha value is -1.16. The van der Waals surface area contributed by atoms with Crippen LogP contribution in [0, 0.1) is 0 Å². The molecule has 0 aliphatic rings. The molecule has 0 saturated carbocycles. The van der Waals surface area contributed by atoms with E-state index in [4.69, 9.17) is 4.74 Å². The molecule has 0 radical (unpaired) electrons. The van der Waals surface area contributed by atoms with E-state index in [1.807, 2.05) is 13.8 Å². The average Bonchev–Trinajstić information content (AvgIpc) is 2.07. The van der Waals surface area contributed by atoms with Crippen molar-refractivity contribution in [2.75, 3.05) is 0 Å². The maximum atomic E-state index is 5.33. The fourth-order valence-electron chi connectivity index (χ4n) is 0.615. The van der Waals surface area contributed by atoms with Gasteiger partial charge in [0.05, 0.1) is 0 Å². The van der Waals surface area contributed by atoms with Crippen molar-refractivity contribution in [2.24, 2.45) is 0 Å².